The number of allylic oxidation sites excluding steroid dienone is 1. The summed E-state index contributed by atoms with van der Waals surface area (Å²) in [6, 6.07) is 0. The van der Waals surface area contributed by atoms with Gasteiger partial charge in [-0.25, -0.2) is 4.79 Å². The molecule has 74 valence electrons. The van der Waals surface area contributed by atoms with Gasteiger partial charge in [0, 0.05) is 18.3 Å². The van der Waals surface area contributed by atoms with Crippen LogP contribution in [0.5, 0.6) is 0 Å². The molecule has 0 spiro atoms. The molecule has 0 bridgehead atoms. The first kappa shape index (κ1) is 16.6. The molecule has 0 heterocycles. The molecule has 0 aliphatic rings. The molecule has 0 aliphatic carbocycles. The molecule has 0 aliphatic heterocycles. The first-order chi connectivity index (χ1) is 6.06. The molecule has 0 aromatic carbocycles. The van der Waals surface area contributed by atoms with Crippen molar-refractivity contribution in [2.24, 2.45) is 0 Å². The average Bonchev–Trinajstić information content (AvgIpc) is 2.01. The summed E-state index contributed by atoms with van der Waals surface area (Å²) in [5.74, 6) is -0.638. The second-order valence-corrected chi connectivity index (χ2v) is 2.47. The Balaban J connectivity index is 0. The maximum atomic E-state index is 10.9. The van der Waals surface area contributed by atoms with Gasteiger partial charge in [0.05, 0.1) is 6.61 Å². The molecule has 0 saturated carbocycles. The zero-order valence-electron chi connectivity index (χ0n) is 8.92. The summed E-state index contributed by atoms with van der Waals surface area (Å²) in [5.41, 5.74) is 0.593. The Hall–Kier alpha value is 0.186. The first-order valence-corrected chi connectivity index (χ1v) is 4.00. The fraction of sp³-hybridized carbons (Fsp3) is 0.444. The van der Waals surface area contributed by atoms with Gasteiger partial charge >= 0.3 is 57.4 Å². The minimum absolute atomic E-state index is 0. The third kappa shape index (κ3) is 10.3. The molecule has 0 fully saturated rings. The van der Waals surface area contributed by atoms with Crippen molar-refractivity contribution in [1.82, 2.24) is 5.32 Å². The van der Waals surface area contributed by atoms with Crippen molar-refractivity contribution in [2.45, 2.75) is 13.8 Å². The van der Waals surface area contributed by atoms with Gasteiger partial charge in [-0.2, -0.15) is 0 Å². The van der Waals surface area contributed by atoms with Crippen molar-refractivity contribution in [3.8, 4) is 0 Å². The fourth-order valence-electron chi connectivity index (χ4n) is 0.650. The van der Waals surface area contributed by atoms with Crippen LogP contribution in [0.3, 0.4) is 0 Å². The average molecular weight is 223 g/mol. The van der Waals surface area contributed by atoms with Gasteiger partial charge in [0.25, 0.3) is 0 Å². The number of carbonyl (C=O) groups excluding carboxylic acids is 1. The molecule has 5 heteroatoms. The van der Waals surface area contributed by atoms with Crippen LogP contribution in [-0.4, -0.2) is 19.1 Å². The van der Waals surface area contributed by atoms with Gasteiger partial charge in [-0.1, -0.05) is 0 Å². The van der Waals surface area contributed by atoms with E-state index in [1.807, 2.05) is 0 Å². The predicted molar refractivity (Wildman–Crippen MR) is 47.5 cm³/mol. The third-order valence-electron chi connectivity index (χ3n) is 1.19. The summed E-state index contributed by atoms with van der Waals surface area (Å²) in [6.45, 7) is 7.06. The number of nitrogens with one attached hydrogen (secondary N) is 1. The summed E-state index contributed by atoms with van der Waals surface area (Å²) in [6.07, 6.45) is 1.30. The topological polar surface area (TPSA) is 61.4 Å². The summed E-state index contributed by atoms with van der Waals surface area (Å²) in [7, 11) is 0. The van der Waals surface area contributed by atoms with E-state index in [1.165, 1.54) is 6.08 Å². The van der Waals surface area contributed by atoms with Gasteiger partial charge in [0.15, 0.2) is 0 Å². The van der Waals surface area contributed by atoms with E-state index in [0.29, 0.717) is 12.3 Å². The van der Waals surface area contributed by atoms with Crippen LogP contribution in [0.1, 0.15) is 13.8 Å². The quantitative estimate of drug-likeness (QED) is 0.232. The molecule has 14 heavy (non-hydrogen) atoms. The first-order valence-electron chi connectivity index (χ1n) is 4.00. The van der Waals surface area contributed by atoms with Crippen LogP contribution in [-0.2, 0) is 9.53 Å². The zero-order chi connectivity index (χ0) is 10.3. The Morgan fingerprint density at radius 2 is 2.21 bits per heavy atom. The van der Waals surface area contributed by atoms with E-state index in [2.05, 4.69) is 16.6 Å². The van der Waals surface area contributed by atoms with Crippen molar-refractivity contribution in [2.75, 3.05) is 13.2 Å². The van der Waals surface area contributed by atoms with Crippen molar-refractivity contribution in [3.05, 3.63) is 24.1 Å². The minimum Gasteiger partial charge on any atom is -0.875 e. The molecular weight excluding hydrogens is 209 g/mol. The third-order valence-corrected chi connectivity index (χ3v) is 1.19. The molecule has 0 aromatic rings. The van der Waals surface area contributed by atoms with E-state index in [9.17, 15) is 9.90 Å². The summed E-state index contributed by atoms with van der Waals surface area (Å²) < 4.78 is 4.66. The Kier molecular flexibility index (Phi) is 11.5. The standard InChI is InChI=1S/C9H15NO3.K/c1-4-13-9(12)5-7(2)10-6-8(3)11;/h5,10-11H,3-4,6H2,1-2H3;/q;+1/p-1/b7-5+;. The second-order valence-electron chi connectivity index (χ2n) is 2.47. The SMILES string of the molecule is C=C([O-])CN/C(C)=C/C(=O)OCC.[K+]. The fourth-order valence-corrected chi connectivity index (χ4v) is 0.650. The minimum atomic E-state index is -0.413. The Bertz CT molecular complexity index is 226. The van der Waals surface area contributed by atoms with Gasteiger partial charge < -0.3 is 15.2 Å². The molecule has 0 atom stereocenters. The molecule has 0 amide bonds. The number of hydrogen-bond donors (Lipinski definition) is 1. The van der Waals surface area contributed by atoms with Crippen LogP contribution in [0, 0.1) is 0 Å². The normalized spacial score (nSPS) is 10.0. The Morgan fingerprint density at radius 1 is 1.64 bits per heavy atom. The van der Waals surface area contributed by atoms with E-state index in [0.717, 1.165) is 0 Å². The summed E-state index contributed by atoms with van der Waals surface area (Å²) in [4.78, 5) is 10.9. The van der Waals surface area contributed by atoms with E-state index in [-0.39, 0.29) is 63.7 Å². The van der Waals surface area contributed by atoms with Crippen LogP contribution >= 0.6 is 0 Å². The van der Waals surface area contributed by atoms with Gasteiger partial charge in [0.1, 0.15) is 0 Å². The van der Waals surface area contributed by atoms with Crippen LogP contribution in [0.15, 0.2) is 24.1 Å². The molecule has 0 radical (unpaired) electrons. The van der Waals surface area contributed by atoms with Gasteiger partial charge in [-0.15, -0.1) is 12.3 Å². The monoisotopic (exact) mass is 223 g/mol. The van der Waals surface area contributed by atoms with Crippen molar-refractivity contribution in [1.29, 1.82) is 0 Å². The molecule has 0 rings (SSSR count). The molecule has 4 nitrogen and oxygen atoms in total. The largest absolute Gasteiger partial charge is 1.00 e. The molecule has 0 aromatic heterocycles. The number of rotatable bonds is 5. The maximum absolute atomic E-state index is 10.9. The van der Waals surface area contributed by atoms with Gasteiger partial charge in [0.2, 0.25) is 0 Å². The van der Waals surface area contributed by atoms with Gasteiger partial charge in [-0.3, -0.25) is 0 Å². The van der Waals surface area contributed by atoms with Crippen LogP contribution in [0.2, 0.25) is 0 Å². The Labute approximate surface area is 127 Å². The predicted octanol–water partition coefficient (Wildman–Crippen LogP) is -3.08. The number of ether oxygens (including phenoxy) is 1. The zero-order valence-corrected chi connectivity index (χ0v) is 12.0. The van der Waals surface area contributed by atoms with Crippen molar-refractivity contribution < 1.29 is 66.0 Å². The van der Waals surface area contributed by atoms with E-state index < -0.39 is 5.97 Å². The number of esters is 1. The van der Waals surface area contributed by atoms with Crippen LogP contribution in [0.25, 0.3) is 0 Å². The summed E-state index contributed by atoms with van der Waals surface area (Å²) in [5, 5.41) is 13.2. The van der Waals surface area contributed by atoms with Crippen LogP contribution < -0.4 is 61.8 Å². The number of carbonyl (C=O) groups is 1. The second kappa shape index (κ2) is 9.73. The Morgan fingerprint density at radius 3 is 2.64 bits per heavy atom. The number of hydrogen-bond acceptors (Lipinski definition) is 4. The van der Waals surface area contributed by atoms with E-state index in [1.54, 1.807) is 13.8 Å². The van der Waals surface area contributed by atoms with Crippen molar-refractivity contribution in [3.63, 3.8) is 0 Å². The van der Waals surface area contributed by atoms with E-state index >= 15 is 0 Å². The molecular formula is C9H14KNO3. The molecule has 0 unspecified atom stereocenters. The van der Waals surface area contributed by atoms with Gasteiger partial charge in [-0.05, 0) is 13.8 Å². The maximum Gasteiger partial charge on any atom is 1.00 e. The summed E-state index contributed by atoms with van der Waals surface area (Å²) >= 11 is 0. The molecule has 0 saturated heterocycles. The molecule has 1 N–H and O–H groups in total. The van der Waals surface area contributed by atoms with Crippen molar-refractivity contribution >= 4 is 5.97 Å². The smallest absolute Gasteiger partial charge is 0.875 e. The van der Waals surface area contributed by atoms with E-state index in [4.69, 9.17) is 0 Å². The van der Waals surface area contributed by atoms with Crippen LogP contribution in [0.4, 0.5) is 0 Å².